The van der Waals surface area contributed by atoms with Crippen molar-refractivity contribution in [2.45, 2.75) is 18.9 Å². The Morgan fingerprint density at radius 1 is 1.26 bits per heavy atom. The highest BCUT2D eigenvalue weighted by molar-refractivity contribution is 6.07. The zero-order valence-electron chi connectivity index (χ0n) is 10.8. The molecule has 1 N–H and O–H groups in total. The summed E-state index contributed by atoms with van der Waals surface area (Å²) in [5.74, 6) is 0.767. The molecule has 1 atom stereocenters. The Bertz CT molecular complexity index is 525. The fourth-order valence-corrected chi connectivity index (χ4v) is 2.48. The molecule has 1 aliphatic heterocycles. The summed E-state index contributed by atoms with van der Waals surface area (Å²) in [6, 6.07) is 6.91. The van der Waals surface area contributed by atoms with E-state index in [0.717, 1.165) is 12.8 Å². The fraction of sp³-hybridized carbons (Fsp3) is 0.429. The Hall–Kier alpha value is -2.04. The summed E-state index contributed by atoms with van der Waals surface area (Å²) in [7, 11) is 1.56. The van der Waals surface area contributed by atoms with Gasteiger partial charge in [-0.25, -0.2) is 0 Å². The predicted octanol–water partition coefficient (Wildman–Crippen LogP) is 0.937. The van der Waals surface area contributed by atoms with Gasteiger partial charge in [-0.2, -0.15) is 0 Å². The largest absolute Gasteiger partial charge is 0.495 e. The Morgan fingerprint density at radius 2 is 2.00 bits per heavy atom. The molecule has 19 heavy (non-hydrogen) atoms. The molecule has 0 bridgehead atoms. The van der Waals surface area contributed by atoms with Crippen LogP contribution in [0.4, 0.5) is 5.69 Å². The molecule has 1 aromatic rings. The van der Waals surface area contributed by atoms with Crippen molar-refractivity contribution < 1.29 is 14.3 Å². The number of hydrogen-bond donors (Lipinski definition) is 1. The first kappa shape index (κ1) is 12.0. The maximum Gasteiger partial charge on any atom is 0.250 e. The SMILES string of the molecule is COc1ccccc1N1CC(=O)NC(C2CC2)C1=O. The molecule has 1 heterocycles. The lowest BCUT2D eigenvalue weighted by molar-refractivity contribution is -0.131. The number of benzene rings is 1. The van der Waals surface area contributed by atoms with Crippen molar-refractivity contribution >= 4 is 17.5 Å². The molecule has 1 aliphatic carbocycles. The maximum absolute atomic E-state index is 12.5. The normalized spacial score (nSPS) is 23.2. The molecular formula is C14H16N2O3. The van der Waals surface area contributed by atoms with E-state index in [1.165, 1.54) is 4.90 Å². The number of piperazine rings is 1. The Kier molecular flexibility index (Phi) is 2.89. The van der Waals surface area contributed by atoms with Crippen molar-refractivity contribution in [1.82, 2.24) is 5.32 Å². The van der Waals surface area contributed by atoms with E-state index in [4.69, 9.17) is 4.74 Å². The number of hydrogen-bond acceptors (Lipinski definition) is 3. The van der Waals surface area contributed by atoms with E-state index in [2.05, 4.69) is 5.32 Å². The van der Waals surface area contributed by atoms with Gasteiger partial charge in [-0.3, -0.25) is 14.5 Å². The predicted molar refractivity (Wildman–Crippen MR) is 70.0 cm³/mol. The van der Waals surface area contributed by atoms with E-state index >= 15 is 0 Å². The molecular weight excluding hydrogens is 244 g/mol. The van der Waals surface area contributed by atoms with Crippen LogP contribution in [0.15, 0.2) is 24.3 Å². The molecule has 1 saturated heterocycles. The van der Waals surface area contributed by atoms with Gasteiger partial charge in [-0.1, -0.05) is 12.1 Å². The molecule has 2 fully saturated rings. The molecule has 0 aromatic heterocycles. The number of nitrogens with zero attached hydrogens (tertiary/aromatic N) is 1. The average molecular weight is 260 g/mol. The highest BCUT2D eigenvalue weighted by Crippen LogP contribution is 2.36. The van der Waals surface area contributed by atoms with Crippen molar-refractivity contribution in [3.05, 3.63) is 24.3 Å². The van der Waals surface area contributed by atoms with Crippen molar-refractivity contribution in [3.63, 3.8) is 0 Å². The second kappa shape index (κ2) is 4.57. The summed E-state index contributed by atoms with van der Waals surface area (Å²) in [5, 5.41) is 2.79. The van der Waals surface area contributed by atoms with Gasteiger partial charge >= 0.3 is 0 Å². The van der Waals surface area contributed by atoms with Gasteiger partial charge in [0.25, 0.3) is 0 Å². The number of rotatable bonds is 3. The van der Waals surface area contributed by atoms with Crippen LogP contribution in [0.1, 0.15) is 12.8 Å². The summed E-state index contributed by atoms with van der Waals surface area (Å²) in [5.41, 5.74) is 0.663. The van der Waals surface area contributed by atoms with Crippen molar-refractivity contribution in [2.75, 3.05) is 18.6 Å². The van der Waals surface area contributed by atoms with Gasteiger partial charge in [0.05, 0.1) is 12.8 Å². The lowest BCUT2D eigenvalue weighted by Crippen LogP contribution is -2.59. The fourth-order valence-electron chi connectivity index (χ4n) is 2.48. The number of nitrogens with one attached hydrogen (secondary N) is 1. The number of carbonyl (C=O) groups is 2. The van der Waals surface area contributed by atoms with Crippen LogP contribution in [0, 0.1) is 5.92 Å². The van der Waals surface area contributed by atoms with Gasteiger partial charge in [-0.05, 0) is 30.9 Å². The molecule has 0 radical (unpaired) electrons. The van der Waals surface area contributed by atoms with Crippen LogP contribution in [0.2, 0.25) is 0 Å². The molecule has 3 rings (SSSR count). The molecule has 0 spiro atoms. The first-order chi connectivity index (χ1) is 9.20. The number of anilines is 1. The Balaban J connectivity index is 1.93. The van der Waals surface area contributed by atoms with Crippen LogP contribution in [-0.4, -0.2) is 31.5 Å². The summed E-state index contributed by atoms with van der Waals surface area (Å²) >= 11 is 0. The van der Waals surface area contributed by atoms with Gasteiger partial charge < -0.3 is 10.1 Å². The monoisotopic (exact) mass is 260 g/mol. The third-order valence-electron chi connectivity index (χ3n) is 3.62. The minimum Gasteiger partial charge on any atom is -0.495 e. The van der Waals surface area contributed by atoms with Crippen molar-refractivity contribution in [1.29, 1.82) is 0 Å². The molecule has 5 nitrogen and oxygen atoms in total. The first-order valence-electron chi connectivity index (χ1n) is 6.44. The van der Waals surface area contributed by atoms with Gasteiger partial charge in [0.2, 0.25) is 11.8 Å². The highest BCUT2D eigenvalue weighted by atomic mass is 16.5. The highest BCUT2D eigenvalue weighted by Gasteiger charge is 2.43. The van der Waals surface area contributed by atoms with Crippen LogP contribution in [0.3, 0.4) is 0 Å². The average Bonchev–Trinajstić information content (AvgIpc) is 3.25. The zero-order valence-corrected chi connectivity index (χ0v) is 10.8. The zero-order chi connectivity index (χ0) is 13.4. The van der Waals surface area contributed by atoms with Gasteiger partial charge in [0, 0.05) is 0 Å². The number of para-hydroxylation sites is 2. The molecule has 1 aromatic carbocycles. The minimum atomic E-state index is -0.369. The minimum absolute atomic E-state index is 0.0356. The van der Waals surface area contributed by atoms with Crippen LogP contribution >= 0.6 is 0 Å². The number of carbonyl (C=O) groups excluding carboxylic acids is 2. The van der Waals surface area contributed by atoms with Gasteiger partial charge in [0.1, 0.15) is 18.3 Å². The van der Waals surface area contributed by atoms with Crippen molar-refractivity contribution in [3.8, 4) is 5.75 Å². The van der Waals surface area contributed by atoms with Crippen LogP contribution in [0.25, 0.3) is 0 Å². The van der Waals surface area contributed by atoms with Gasteiger partial charge in [-0.15, -0.1) is 0 Å². The number of ether oxygens (including phenoxy) is 1. The number of methoxy groups -OCH3 is 1. The summed E-state index contributed by atoms with van der Waals surface area (Å²) in [6.07, 6.45) is 2.02. The third-order valence-corrected chi connectivity index (χ3v) is 3.62. The van der Waals surface area contributed by atoms with Crippen LogP contribution in [0.5, 0.6) is 5.75 Å². The van der Waals surface area contributed by atoms with Crippen LogP contribution in [-0.2, 0) is 9.59 Å². The second-order valence-corrected chi connectivity index (χ2v) is 4.98. The first-order valence-corrected chi connectivity index (χ1v) is 6.44. The van der Waals surface area contributed by atoms with Crippen LogP contribution < -0.4 is 15.0 Å². The van der Waals surface area contributed by atoms with E-state index in [1.54, 1.807) is 19.2 Å². The topological polar surface area (TPSA) is 58.6 Å². The number of amides is 2. The standard InChI is InChI=1S/C14H16N2O3/c1-19-11-5-3-2-4-10(11)16-8-12(17)15-13(14(16)18)9-6-7-9/h2-5,9,13H,6-8H2,1H3,(H,15,17). The van der Waals surface area contributed by atoms with Gasteiger partial charge in [0.15, 0.2) is 0 Å². The van der Waals surface area contributed by atoms with E-state index < -0.39 is 0 Å². The lowest BCUT2D eigenvalue weighted by Gasteiger charge is -2.33. The lowest BCUT2D eigenvalue weighted by atomic mass is 10.1. The smallest absolute Gasteiger partial charge is 0.250 e. The molecule has 100 valence electrons. The van der Waals surface area contributed by atoms with E-state index in [9.17, 15) is 9.59 Å². The second-order valence-electron chi connectivity index (χ2n) is 4.98. The quantitative estimate of drug-likeness (QED) is 0.879. The summed E-state index contributed by atoms with van der Waals surface area (Å²) in [4.78, 5) is 25.8. The summed E-state index contributed by atoms with van der Waals surface area (Å²) < 4.78 is 5.27. The van der Waals surface area contributed by atoms with Crippen molar-refractivity contribution in [2.24, 2.45) is 5.92 Å². The van der Waals surface area contributed by atoms with E-state index in [1.807, 2.05) is 12.1 Å². The summed E-state index contributed by atoms with van der Waals surface area (Å²) in [6.45, 7) is 0.0580. The maximum atomic E-state index is 12.5. The molecule has 1 saturated carbocycles. The third kappa shape index (κ3) is 2.16. The Labute approximate surface area is 111 Å². The van der Waals surface area contributed by atoms with E-state index in [-0.39, 0.29) is 24.4 Å². The molecule has 5 heteroatoms. The Morgan fingerprint density at radius 3 is 2.68 bits per heavy atom. The molecule has 2 aliphatic rings. The molecule has 2 amide bonds. The van der Waals surface area contributed by atoms with E-state index in [0.29, 0.717) is 17.4 Å². The molecule has 1 unspecified atom stereocenters.